The van der Waals surface area contributed by atoms with Crippen LogP contribution in [-0.4, -0.2) is 14.5 Å². The second-order valence-electron chi connectivity index (χ2n) is 4.08. The van der Waals surface area contributed by atoms with Gasteiger partial charge in [0.2, 0.25) is 5.95 Å². The minimum Gasteiger partial charge on any atom is -0.383 e. The van der Waals surface area contributed by atoms with E-state index < -0.39 is 0 Å². The molecule has 18 heavy (non-hydrogen) atoms. The van der Waals surface area contributed by atoms with Crippen molar-refractivity contribution in [1.29, 1.82) is 0 Å². The predicted octanol–water partition coefficient (Wildman–Crippen LogP) is 2.37. The summed E-state index contributed by atoms with van der Waals surface area (Å²) in [5.41, 5.74) is 13.6. The maximum absolute atomic E-state index is 5.98. The Morgan fingerprint density at radius 3 is 2.83 bits per heavy atom. The lowest BCUT2D eigenvalue weighted by atomic mass is 10.1. The molecule has 0 bridgehead atoms. The Kier molecular flexibility index (Phi) is 2.54. The average Bonchev–Trinajstić information content (AvgIpc) is 2.72. The minimum atomic E-state index is 0.213. The van der Waals surface area contributed by atoms with E-state index in [4.69, 9.17) is 11.5 Å². The van der Waals surface area contributed by atoms with Crippen LogP contribution in [0, 0.1) is 3.57 Å². The molecule has 0 saturated carbocycles. The normalized spacial score (nSPS) is 11.4. The molecule has 6 heteroatoms. The summed E-state index contributed by atoms with van der Waals surface area (Å²) in [6.45, 7) is 3.03. The SMILES string of the molecule is CCn1ccc2c3c(N)nc(N)nc3cc(I)c21. The van der Waals surface area contributed by atoms with Crippen LogP contribution in [0.25, 0.3) is 21.8 Å². The molecule has 0 saturated heterocycles. The Morgan fingerprint density at radius 2 is 2.11 bits per heavy atom. The van der Waals surface area contributed by atoms with E-state index in [1.807, 2.05) is 6.07 Å². The molecule has 3 aromatic rings. The van der Waals surface area contributed by atoms with Crippen molar-refractivity contribution in [2.24, 2.45) is 0 Å². The number of halogens is 1. The van der Waals surface area contributed by atoms with Crippen LogP contribution in [0.3, 0.4) is 0 Å². The molecule has 0 fully saturated rings. The lowest BCUT2D eigenvalue weighted by Crippen LogP contribution is -2.01. The summed E-state index contributed by atoms with van der Waals surface area (Å²) in [6, 6.07) is 4.05. The Bertz CT molecular complexity index is 762. The van der Waals surface area contributed by atoms with Crippen molar-refractivity contribution in [1.82, 2.24) is 14.5 Å². The number of fused-ring (bicyclic) bond motifs is 3. The maximum Gasteiger partial charge on any atom is 0.222 e. The van der Waals surface area contributed by atoms with Crippen molar-refractivity contribution in [3.05, 3.63) is 21.9 Å². The van der Waals surface area contributed by atoms with Crippen LogP contribution in [0.2, 0.25) is 0 Å². The molecule has 2 heterocycles. The first-order valence-corrected chi connectivity index (χ1v) is 6.69. The van der Waals surface area contributed by atoms with Gasteiger partial charge in [-0.25, -0.2) is 4.98 Å². The molecular formula is C12H12IN5. The van der Waals surface area contributed by atoms with E-state index in [-0.39, 0.29) is 5.95 Å². The van der Waals surface area contributed by atoms with Crippen molar-refractivity contribution >= 4 is 56.2 Å². The zero-order valence-electron chi connectivity index (χ0n) is 9.81. The van der Waals surface area contributed by atoms with Crippen molar-refractivity contribution in [3.63, 3.8) is 0 Å². The molecule has 0 aliphatic carbocycles. The molecule has 0 aliphatic rings. The molecule has 3 rings (SSSR count). The number of hydrogen-bond acceptors (Lipinski definition) is 4. The van der Waals surface area contributed by atoms with Gasteiger partial charge in [-0.2, -0.15) is 4.98 Å². The van der Waals surface area contributed by atoms with Crippen LogP contribution >= 0.6 is 22.6 Å². The molecule has 0 radical (unpaired) electrons. The second-order valence-corrected chi connectivity index (χ2v) is 5.25. The van der Waals surface area contributed by atoms with E-state index in [9.17, 15) is 0 Å². The van der Waals surface area contributed by atoms with E-state index in [1.54, 1.807) is 0 Å². The summed E-state index contributed by atoms with van der Waals surface area (Å²) < 4.78 is 3.33. The first-order chi connectivity index (χ1) is 8.61. The van der Waals surface area contributed by atoms with Gasteiger partial charge in [0, 0.05) is 21.7 Å². The number of aryl methyl sites for hydroxylation is 1. The summed E-state index contributed by atoms with van der Waals surface area (Å²) in [6.07, 6.45) is 2.06. The van der Waals surface area contributed by atoms with Gasteiger partial charge >= 0.3 is 0 Å². The highest BCUT2D eigenvalue weighted by atomic mass is 127. The van der Waals surface area contributed by atoms with Crippen LogP contribution in [0.1, 0.15) is 6.92 Å². The fraction of sp³-hybridized carbons (Fsp3) is 0.167. The molecule has 2 aromatic heterocycles. The first-order valence-electron chi connectivity index (χ1n) is 5.62. The summed E-state index contributed by atoms with van der Waals surface area (Å²) in [5.74, 6) is 0.651. The van der Waals surface area contributed by atoms with Gasteiger partial charge in [0.05, 0.1) is 16.4 Å². The van der Waals surface area contributed by atoms with Gasteiger partial charge in [-0.3, -0.25) is 0 Å². The standard InChI is InChI=1S/C12H12IN5/c1-2-18-4-3-6-9-8(5-7(13)10(6)18)16-12(15)17-11(9)14/h3-5H,2H2,1H3,(H4,14,15,16,17). The molecule has 4 N–H and O–H groups in total. The van der Waals surface area contributed by atoms with Gasteiger partial charge in [0.15, 0.2) is 0 Å². The average molecular weight is 353 g/mol. The van der Waals surface area contributed by atoms with E-state index in [1.165, 1.54) is 5.52 Å². The van der Waals surface area contributed by atoms with Gasteiger partial charge < -0.3 is 16.0 Å². The number of benzene rings is 1. The largest absolute Gasteiger partial charge is 0.383 e. The summed E-state index contributed by atoms with van der Waals surface area (Å²) in [5, 5.41) is 1.96. The van der Waals surface area contributed by atoms with E-state index in [2.05, 4.69) is 56.3 Å². The molecule has 0 unspecified atom stereocenters. The highest BCUT2D eigenvalue weighted by molar-refractivity contribution is 14.1. The monoisotopic (exact) mass is 353 g/mol. The first kappa shape index (κ1) is 11.5. The maximum atomic E-state index is 5.98. The third kappa shape index (κ3) is 1.52. The summed E-state index contributed by atoms with van der Waals surface area (Å²) in [4.78, 5) is 8.30. The fourth-order valence-electron chi connectivity index (χ4n) is 2.29. The lowest BCUT2D eigenvalue weighted by Gasteiger charge is -2.08. The fourth-order valence-corrected chi connectivity index (χ4v) is 3.18. The Hall–Kier alpha value is -1.57. The number of anilines is 2. The van der Waals surface area contributed by atoms with Gasteiger partial charge in [-0.15, -0.1) is 0 Å². The Balaban J connectivity index is 2.57. The van der Waals surface area contributed by atoms with Crippen molar-refractivity contribution in [2.45, 2.75) is 13.5 Å². The molecule has 5 nitrogen and oxygen atoms in total. The second kappa shape index (κ2) is 3.98. The zero-order valence-corrected chi connectivity index (χ0v) is 12.0. The van der Waals surface area contributed by atoms with Crippen LogP contribution in [0.5, 0.6) is 0 Å². The third-order valence-electron chi connectivity index (χ3n) is 3.05. The van der Waals surface area contributed by atoms with Crippen LogP contribution < -0.4 is 11.5 Å². The Labute approximate surface area is 117 Å². The summed E-state index contributed by atoms with van der Waals surface area (Å²) in [7, 11) is 0. The Morgan fingerprint density at radius 1 is 1.33 bits per heavy atom. The van der Waals surface area contributed by atoms with Crippen LogP contribution in [0.15, 0.2) is 18.3 Å². The number of rotatable bonds is 1. The van der Waals surface area contributed by atoms with E-state index >= 15 is 0 Å². The molecule has 0 aliphatic heterocycles. The van der Waals surface area contributed by atoms with Crippen molar-refractivity contribution in [3.8, 4) is 0 Å². The van der Waals surface area contributed by atoms with E-state index in [0.717, 1.165) is 26.4 Å². The third-order valence-corrected chi connectivity index (χ3v) is 3.87. The topological polar surface area (TPSA) is 82.8 Å². The minimum absolute atomic E-state index is 0.213. The van der Waals surface area contributed by atoms with Crippen molar-refractivity contribution in [2.75, 3.05) is 11.5 Å². The molecule has 0 spiro atoms. The highest BCUT2D eigenvalue weighted by Gasteiger charge is 2.13. The quantitative estimate of drug-likeness (QED) is 0.658. The smallest absolute Gasteiger partial charge is 0.222 e. The number of nitrogen functional groups attached to an aromatic ring is 2. The summed E-state index contributed by atoms with van der Waals surface area (Å²) >= 11 is 2.31. The predicted molar refractivity (Wildman–Crippen MR) is 82.2 cm³/mol. The molecule has 1 aromatic carbocycles. The van der Waals surface area contributed by atoms with E-state index in [0.29, 0.717) is 5.82 Å². The number of hydrogen-bond donors (Lipinski definition) is 2. The van der Waals surface area contributed by atoms with Gasteiger partial charge in [0.25, 0.3) is 0 Å². The van der Waals surface area contributed by atoms with Crippen LogP contribution in [-0.2, 0) is 6.54 Å². The van der Waals surface area contributed by atoms with Crippen molar-refractivity contribution < 1.29 is 0 Å². The number of nitrogens with zero attached hydrogens (tertiary/aromatic N) is 3. The highest BCUT2D eigenvalue weighted by Crippen LogP contribution is 2.32. The molecule has 92 valence electrons. The van der Waals surface area contributed by atoms with Crippen LogP contribution in [0.4, 0.5) is 11.8 Å². The molecular weight excluding hydrogens is 341 g/mol. The molecule has 0 atom stereocenters. The van der Waals surface area contributed by atoms with Gasteiger partial charge in [0.1, 0.15) is 5.82 Å². The zero-order chi connectivity index (χ0) is 12.9. The van der Waals surface area contributed by atoms with Gasteiger partial charge in [-0.05, 0) is 41.6 Å². The lowest BCUT2D eigenvalue weighted by molar-refractivity contribution is 0.796. The number of aromatic nitrogens is 3. The number of nitrogens with two attached hydrogens (primary N) is 2. The molecule has 0 amide bonds. The van der Waals surface area contributed by atoms with Gasteiger partial charge in [-0.1, -0.05) is 0 Å².